The van der Waals surface area contributed by atoms with Crippen molar-refractivity contribution in [1.29, 1.82) is 0 Å². The Labute approximate surface area is 147 Å². The van der Waals surface area contributed by atoms with Crippen LogP contribution in [0.15, 0.2) is 10.9 Å². The minimum Gasteiger partial charge on any atom is -0.339 e. The molecule has 8 heteroatoms. The van der Waals surface area contributed by atoms with Gasteiger partial charge in [0.25, 0.3) is 5.56 Å². The third-order valence-corrected chi connectivity index (χ3v) is 5.21. The fraction of sp³-hybridized carbons (Fsp3) is 0.647. The second-order valence-electron chi connectivity index (χ2n) is 6.81. The molecule has 136 valence electrons. The van der Waals surface area contributed by atoms with Crippen LogP contribution < -0.4 is 5.56 Å². The lowest BCUT2D eigenvalue weighted by atomic mass is 10.0. The Morgan fingerprint density at radius 3 is 2.40 bits per heavy atom. The Morgan fingerprint density at radius 1 is 1.12 bits per heavy atom. The lowest BCUT2D eigenvalue weighted by Crippen LogP contribution is -2.55. The third-order valence-electron chi connectivity index (χ3n) is 5.21. The van der Waals surface area contributed by atoms with Crippen molar-refractivity contribution < 1.29 is 9.59 Å². The van der Waals surface area contributed by atoms with Crippen molar-refractivity contribution in [1.82, 2.24) is 24.5 Å². The van der Waals surface area contributed by atoms with Crippen LogP contribution in [0.1, 0.15) is 25.1 Å². The summed E-state index contributed by atoms with van der Waals surface area (Å²) < 4.78 is 1.36. The number of aryl methyl sites for hydroxylation is 1. The van der Waals surface area contributed by atoms with Gasteiger partial charge < -0.3 is 9.80 Å². The van der Waals surface area contributed by atoms with Crippen LogP contribution in [-0.2, 0) is 29.6 Å². The van der Waals surface area contributed by atoms with E-state index in [0.29, 0.717) is 32.7 Å². The highest BCUT2D eigenvalue weighted by Gasteiger charge is 2.31. The van der Waals surface area contributed by atoms with Gasteiger partial charge >= 0.3 is 0 Å². The fourth-order valence-corrected chi connectivity index (χ4v) is 3.51. The number of nitrogens with zero attached hydrogens (tertiary/aromatic N) is 5. The molecule has 0 aromatic carbocycles. The highest BCUT2D eigenvalue weighted by Crippen LogP contribution is 2.18. The second kappa shape index (κ2) is 6.95. The Hall–Kier alpha value is -2.22. The van der Waals surface area contributed by atoms with Crippen molar-refractivity contribution in [2.75, 3.05) is 32.7 Å². The average molecular weight is 347 g/mol. The summed E-state index contributed by atoms with van der Waals surface area (Å²) in [6.07, 6.45) is 0.735. The zero-order chi connectivity index (χ0) is 18.1. The summed E-state index contributed by atoms with van der Waals surface area (Å²) >= 11 is 0. The average Bonchev–Trinajstić information content (AvgIpc) is 2.61. The number of rotatable bonds is 2. The summed E-state index contributed by atoms with van der Waals surface area (Å²) in [5.41, 5.74) is 1.73. The Morgan fingerprint density at radius 2 is 1.76 bits per heavy atom. The van der Waals surface area contributed by atoms with E-state index in [9.17, 15) is 14.4 Å². The second-order valence-corrected chi connectivity index (χ2v) is 6.81. The smallest absolute Gasteiger partial charge is 0.266 e. The maximum absolute atomic E-state index is 12.8. The first kappa shape index (κ1) is 17.6. The number of fused-ring (bicyclic) bond motifs is 1. The monoisotopic (exact) mass is 347 g/mol. The van der Waals surface area contributed by atoms with Crippen molar-refractivity contribution in [3.8, 4) is 0 Å². The molecule has 2 amide bonds. The molecule has 0 saturated carbocycles. The molecule has 0 aliphatic carbocycles. The normalized spacial score (nSPS) is 19.5. The summed E-state index contributed by atoms with van der Waals surface area (Å²) in [5.74, 6) is 0.144. The number of amides is 2. The van der Waals surface area contributed by atoms with E-state index in [1.54, 1.807) is 24.9 Å². The standard InChI is InChI=1S/C17H25N5O3/c1-12(17(25)21-8-6-20(7-9-21)13(2)23)22-5-4-15-14(11-22)10-16(24)19(3)18-15/h10,12H,4-9,11H2,1-3H3. The minimum atomic E-state index is -0.249. The molecule has 8 nitrogen and oxygen atoms in total. The summed E-state index contributed by atoms with van der Waals surface area (Å²) in [7, 11) is 1.65. The molecule has 0 radical (unpaired) electrons. The minimum absolute atomic E-state index is 0.0573. The van der Waals surface area contributed by atoms with E-state index in [1.807, 2.05) is 11.8 Å². The van der Waals surface area contributed by atoms with Crippen molar-refractivity contribution in [2.45, 2.75) is 32.9 Å². The van der Waals surface area contributed by atoms with E-state index >= 15 is 0 Å². The molecule has 0 bridgehead atoms. The van der Waals surface area contributed by atoms with Crippen LogP contribution in [0.4, 0.5) is 0 Å². The van der Waals surface area contributed by atoms with Crippen LogP contribution >= 0.6 is 0 Å². The highest BCUT2D eigenvalue weighted by atomic mass is 16.2. The van der Waals surface area contributed by atoms with Gasteiger partial charge in [-0.15, -0.1) is 0 Å². The first-order valence-corrected chi connectivity index (χ1v) is 8.71. The third kappa shape index (κ3) is 3.58. The van der Waals surface area contributed by atoms with Gasteiger partial charge in [-0.25, -0.2) is 4.68 Å². The molecule has 1 fully saturated rings. The maximum Gasteiger partial charge on any atom is 0.266 e. The van der Waals surface area contributed by atoms with Crippen LogP contribution in [-0.4, -0.2) is 75.1 Å². The van der Waals surface area contributed by atoms with Crippen LogP contribution in [0.2, 0.25) is 0 Å². The zero-order valence-electron chi connectivity index (χ0n) is 15.1. The quantitative estimate of drug-likeness (QED) is 0.701. The molecule has 3 heterocycles. The number of carbonyl (C=O) groups is 2. The van der Waals surface area contributed by atoms with E-state index in [4.69, 9.17) is 0 Å². The van der Waals surface area contributed by atoms with Crippen LogP contribution in [0.5, 0.6) is 0 Å². The van der Waals surface area contributed by atoms with Gasteiger partial charge in [-0.3, -0.25) is 19.3 Å². The van der Waals surface area contributed by atoms with Gasteiger partial charge in [-0.05, 0) is 12.5 Å². The molecular weight excluding hydrogens is 322 g/mol. The lowest BCUT2D eigenvalue weighted by molar-refractivity contribution is -0.142. The van der Waals surface area contributed by atoms with Crippen LogP contribution in [0.3, 0.4) is 0 Å². The van der Waals surface area contributed by atoms with E-state index in [0.717, 1.165) is 24.2 Å². The van der Waals surface area contributed by atoms with Crippen LogP contribution in [0.25, 0.3) is 0 Å². The zero-order valence-corrected chi connectivity index (χ0v) is 15.1. The number of hydrogen-bond acceptors (Lipinski definition) is 5. The number of carbonyl (C=O) groups excluding carboxylic acids is 2. The SMILES string of the molecule is CC(=O)N1CCN(C(=O)C(C)N2CCc3nn(C)c(=O)cc3C2)CC1. The number of aromatic nitrogens is 2. The van der Waals surface area contributed by atoms with E-state index in [-0.39, 0.29) is 23.4 Å². The van der Waals surface area contributed by atoms with Crippen molar-refractivity contribution in [3.63, 3.8) is 0 Å². The Balaban J connectivity index is 1.64. The van der Waals surface area contributed by atoms with E-state index < -0.39 is 0 Å². The summed E-state index contributed by atoms with van der Waals surface area (Å²) in [4.78, 5) is 41.7. The molecular formula is C17H25N5O3. The van der Waals surface area contributed by atoms with Gasteiger partial charge in [0.2, 0.25) is 11.8 Å². The summed E-state index contributed by atoms with van der Waals surface area (Å²) in [5, 5.41) is 4.31. The number of piperazine rings is 1. The van der Waals surface area contributed by atoms with E-state index in [2.05, 4.69) is 10.00 Å². The number of hydrogen-bond donors (Lipinski definition) is 0. The molecule has 0 spiro atoms. The van der Waals surface area contributed by atoms with Crippen molar-refractivity contribution in [2.24, 2.45) is 7.05 Å². The molecule has 1 aromatic rings. The van der Waals surface area contributed by atoms with Gasteiger partial charge in [-0.2, -0.15) is 5.10 Å². The molecule has 1 unspecified atom stereocenters. The summed E-state index contributed by atoms with van der Waals surface area (Å²) in [6, 6.07) is 1.37. The largest absolute Gasteiger partial charge is 0.339 e. The lowest BCUT2D eigenvalue weighted by Gasteiger charge is -2.39. The molecule has 1 saturated heterocycles. The Kier molecular flexibility index (Phi) is 4.89. The van der Waals surface area contributed by atoms with Gasteiger partial charge in [-0.1, -0.05) is 0 Å². The molecule has 0 N–H and O–H groups in total. The highest BCUT2D eigenvalue weighted by molar-refractivity contribution is 5.82. The molecule has 25 heavy (non-hydrogen) atoms. The maximum atomic E-state index is 12.8. The first-order valence-electron chi connectivity index (χ1n) is 8.71. The molecule has 3 rings (SSSR count). The van der Waals surface area contributed by atoms with Gasteiger partial charge in [0.15, 0.2) is 0 Å². The molecule has 2 aliphatic rings. The first-order chi connectivity index (χ1) is 11.9. The van der Waals surface area contributed by atoms with E-state index in [1.165, 1.54) is 4.68 Å². The van der Waals surface area contributed by atoms with Gasteiger partial charge in [0.1, 0.15) is 0 Å². The predicted molar refractivity (Wildman–Crippen MR) is 91.9 cm³/mol. The molecule has 1 aromatic heterocycles. The molecule has 1 atom stereocenters. The van der Waals surface area contributed by atoms with Crippen molar-refractivity contribution >= 4 is 11.8 Å². The van der Waals surface area contributed by atoms with Crippen molar-refractivity contribution in [3.05, 3.63) is 27.7 Å². The Bertz CT molecular complexity index is 736. The topological polar surface area (TPSA) is 78.8 Å². The summed E-state index contributed by atoms with van der Waals surface area (Å²) in [6.45, 7) is 7.14. The van der Waals surface area contributed by atoms with Gasteiger partial charge in [0.05, 0.1) is 11.7 Å². The van der Waals surface area contributed by atoms with Crippen LogP contribution in [0, 0.1) is 0 Å². The predicted octanol–water partition coefficient (Wildman–Crippen LogP) is -0.782. The fourth-order valence-electron chi connectivity index (χ4n) is 3.51. The van der Waals surface area contributed by atoms with Gasteiger partial charge in [0, 0.05) is 65.7 Å². The molecule has 2 aliphatic heterocycles.